The van der Waals surface area contributed by atoms with Crippen LogP contribution in [0.4, 0.5) is 26.9 Å². The Labute approximate surface area is 251 Å². The van der Waals surface area contributed by atoms with Gasteiger partial charge in [0.15, 0.2) is 0 Å². The molecule has 4 aromatic rings. The summed E-state index contributed by atoms with van der Waals surface area (Å²) < 4.78 is 12.4. The fourth-order valence-corrected chi connectivity index (χ4v) is 3.99. The van der Waals surface area contributed by atoms with Crippen LogP contribution in [0.1, 0.15) is 0 Å². The predicted octanol–water partition coefficient (Wildman–Crippen LogP) is 5.41. The highest BCUT2D eigenvalue weighted by molar-refractivity contribution is 6.45. The van der Waals surface area contributed by atoms with Gasteiger partial charge in [-0.05, 0) is 56.6 Å². The Morgan fingerprint density at radius 1 is 0.952 bits per heavy atom. The van der Waals surface area contributed by atoms with E-state index in [-0.39, 0.29) is 39.0 Å². The highest BCUT2D eigenvalue weighted by atomic mass is 35.5. The standard InChI is InChI=1S/C27H28Cl2N8O5/c1-36(2)13-12-31-26(39)33-21-14-18(10-11-30-21)42-20-9-8-19(24(28)25(20)29)32-27(40)34-22-15-23(38)35-37(22)16-4-6-17(41-3)7-5-16/h4-11,14-15H,12-13H2,1-3H3,(H,35,38)(H2,32,34,40)(H2,30,31,33,39). The summed E-state index contributed by atoms with van der Waals surface area (Å²) in [7, 11) is 5.36. The maximum atomic E-state index is 12.8. The van der Waals surface area contributed by atoms with E-state index in [1.807, 2.05) is 19.0 Å². The number of pyridine rings is 1. The third kappa shape index (κ3) is 7.94. The molecule has 0 spiro atoms. The molecular weight excluding hydrogens is 587 g/mol. The fraction of sp³-hybridized carbons (Fsp3) is 0.185. The number of rotatable bonds is 10. The number of halogens is 2. The summed E-state index contributed by atoms with van der Waals surface area (Å²) in [4.78, 5) is 31.0. The molecule has 15 heteroatoms. The van der Waals surface area contributed by atoms with Gasteiger partial charge >= 0.3 is 12.1 Å². The number of nitrogens with zero attached hydrogens (tertiary/aromatic N) is 4. The van der Waals surface area contributed by atoms with E-state index in [2.05, 4.69) is 31.3 Å². The number of urea groups is 2. The van der Waals surface area contributed by atoms with Crippen molar-refractivity contribution in [1.29, 1.82) is 0 Å². The van der Waals surface area contributed by atoms with Crippen LogP contribution in [0.3, 0.4) is 0 Å². The first-order chi connectivity index (χ1) is 20.1. The number of hydrogen-bond donors (Lipinski definition) is 5. The van der Waals surface area contributed by atoms with E-state index < -0.39 is 12.1 Å². The Morgan fingerprint density at radius 3 is 2.43 bits per heavy atom. The largest absolute Gasteiger partial charge is 0.497 e. The van der Waals surface area contributed by atoms with Crippen LogP contribution in [0.25, 0.3) is 5.69 Å². The maximum Gasteiger partial charge on any atom is 0.324 e. The predicted molar refractivity (Wildman–Crippen MR) is 161 cm³/mol. The van der Waals surface area contributed by atoms with Crippen molar-refractivity contribution in [2.45, 2.75) is 0 Å². The van der Waals surface area contributed by atoms with Gasteiger partial charge in [-0.3, -0.25) is 10.6 Å². The van der Waals surface area contributed by atoms with Crippen LogP contribution < -0.4 is 30.7 Å². The smallest absolute Gasteiger partial charge is 0.324 e. The number of nitrogens with one attached hydrogen (secondary N) is 4. The van der Waals surface area contributed by atoms with Crippen molar-refractivity contribution in [3.63, 3.8) is 0 Å². The van der Waals surface area contributed by atoms with Gasteiger partial charge in [-0.2, -0.15) is 0 Å². The molecule has 220 valence electrons. The van der Waals surface area contributed by atoms with E-state index in [1.165, 1.54) is 35.1 Å². The average Bonchev–Trinajstić information content (AvgIpc) is 3.32. The van der Waals surface area contributed by atoms with Crippen molar-refractivity contribution >= 4 is 52.6 Å². The molecule has 2 heterocycles. The Hall–Kier alpha value is -4.72. The summed E-state index contributed by atoms with van der Waals surface area (Å²) in [5, 5.41) is 24.6. The minimum Gasteiger partial charge on any atom is -0.497 e. The van der Waals surface area contributed by atoms with Crippen LogP contribution >= 0.6 is 23.2 Å². The number of amides is 4. The number of carbonyl (C=O) groups excluding carboxylic acids is 2. The Bertz CT molecular complexity index is 1560. The topological polar surface area (TPSA) is 155 Å². The summed E-state index contributed by atoms with van der Waals surface area (Å²) in [6.45, 7) is 1.16. The molecule has 0 unspecified atom stereocenters. The summed E-state index contributed by atoms with van der Waals surface area (Å²) in [6.07, 6.45) is 1.47. The Kier molecular flexibility index (Phi) is 9.91. The van der Waals surface area contributed by atoms with Gasteiger partial charge in [-0.1, -0.05) is 23.2 Å². The number of ether oxygens (including phenoxy) is 2. The molecule has 4 amide bonds. The first kappa shape index (κ1) is 30.2. The van der Waals surface area contributed by atoms with Gasteiger partial charge in [-0.15, -0.1) is 5.10 Å². The number of benzene rings is 2. The third-order valence-corrected chi connectivity index (χ3v) is 6.46. The number of likely N-dealkylation sites (N-methyl/N-ethyl adjacent to an activating group) is 1. The van der Waals surface area contributed by atoms with Crippen LogP contribution in [0, 0.1) is 0 Å². The summed E-state index contributed by atoms with van der Waals surface area (Å²) >= 11 is 12.9. The van der Waals surface area contributed by atoms with Crippen molar-refractivity contribution < 1.29 is 24.2 Å². The quantitative estimate of drug-likeness (QED) is 0.159. The lowest BCUT2D eigenvalue weighted by Crippen LogP contribution is -2.34. The molecule has 0 saturated carbocycles. The Balaban J connectivity index is 1.40. The van der Waals surface area contributed by atoms with E-state index in [0.717, 1.165) is 0 Å². The van der Waals surface area contributed by atoms with Gasteiger partial charge in [0, 0.05) is 31.4 Å². The monoisotopic (exact) mass is 614 g/mol. The van der Waals surface area contributed by atoms with E-state index >= 15 is 0 Å². The minimum absolute atomic E-state index is 0.0310. The molecule has 2 aromatic carbocycles. The van der Waals surface area contributed by atoms with E-state index in [1.54, 1.807) is 37.4 Å². The molecule has 0 saturated heterocycles. The van der Waals surface area contributed by atoms with Crippen LogP contribution in [0.2, 0.25) is 10.0 Å². The van der Waals surface area contributed by atoms with Gasteiger partial charge in [0.05, 0.1) is 23.5 Å². The van der Waals surface area contributed by atoms with Crippen molar-refractivity contribution in [1.82, 2.24) is 25.0 Å². The van der Waals surface area contributed by atoms with Crippen LogP contribution in [-0.2, 0) is 0 Å². The number of aromatic hydroxyl groups is 1. The lowest BCUT2D eigenvalue weighted by molar-refractivity contribution is 0.250. The van der Waals surface area contributed by atoms with Crippen molar-refractivity contribution in [3.8, 4) is 28.8 Å². The molecule has 0 fully saturated rings. The number of anilines is 3. The van der Waals surface area contributed by atoms with Crippen molar-refractivity contribution in [3.05, 3.63) is 70.8 Å². The molecule has 0 bridgehead atoms. The first-order valence-corrected chi connectivity index (χ1v) is 13.2. The SMILES string of the molecule is COc1ccc(-n2nc(O)cc2NC(=O)Nc2ccc(Oc3ccnc(NC(=O)NCCN(C)C)c3)c(Cl)c2Cl)cc1. The second-order valence-electron chi connectivity index (χ2n) is 8.98. The van der Waals surface area contributed by atoms with E-state index in [0.29, 0.717) is 30.3 Å². The maximum absolute atomic E-state index is 12.8. The highest BCUT2D eigenvalue weighted by Gasteiger charge is 2.17. The highest BCUT2D eigenvalue weighted by Crippen LogP contribution is 2.39. The van der Waals surface area contributed by atoms with Gasteiger partial charge < -0.3 is 30.1 Å². The van der Waals surface area contributed by atoms with Crippen LogP contribution in [0.5, 0.6) is 23.1 Å². The molecule has 0 aliphatic carbocycles. The Morgan fingerprint density at radius 2 is 1.71 bits per heavy atom. The van der Waals surface area contributed by atoms with Crippen molar-refractivity contribution in [2.24, 2.45) is 0 Å². The molecule has 0 aliphatic heterocycles. The average molecular weight is 615 g/mol. The number of carbonyl (C=O) groups is 2. The molecule has 5 N–H and O–H groups in total. The number of hydrogen-bond acceptors (Lipinski definition) is 8. The summed E-state index contributed by atoms with van der Waals surface area (Å²) in [6, 6.07) is 13.2. The molecule has 2 aromatic heterocycles. The third-order valence-electron chi connectivity index (χ3n) is 5.60. The van der Waals surface area contributed by atoms with Gasteiger partial charge in [-0.25, -0.2) is 19.3 Å². The summed E-state index contributed by atoms with van der Waals surface area (Å²) in [5.74, 6) is 1.38. The van der Waals surface area contributed by atoms with Gasteiger partial charge in [0.25, 0.3) is 0 Å². The lowest BCUT2D eigenvalue weighted by atomic mass is 10.3. The second-order valence-corrected chi connectivity index (χ2v) is 9.73. The molecule has 4 rings (SSSR count). The minimum atomic E-state index is -0.662. The van der Waals surface area contributed by atoms with E-state index in [9.17, 15) is 14.7 Å². The lowest BCUT2D eigenvalue weighted by Gasteiger charge is -2.14. The fourth-order valence-electron chi connectivity index (χ4n) is 3.58. The zero-order valence-electron chi connectivity index (χ0n) is 22.8. The van der Waals surface area contributed by atoms with Crippen LogP contribution in [0.15, 0.2) is 60.8 Å². The normalized spacial score (nSPS) is 10.7. The first-order valence-electron chi connectivity index (χ1n) is 12.5. The summed E-state index contributed by atoms with van der Waals surface area (Å²) in [5.41, 5.74) is 0.783. The molecule has 0 atom stereocenters. The van der Waals surface area contributed by atoms with Crippen LogP contribution in [-0.4, -0.2) is 71.1 Å². The second kappa shape index (κ2) is 13.8. The molecule has 42 heavy (non-hydrogen) atoms. The van der Waals surface area contributed by atoms with Gasteiger partial charge in [0.2, 0.25) is 5.88 Å². The molecule has 13 nitrogen and oxygen atoms in total. The van der Waals surface area contributed by atoms with E-state index in [4.69, 9.17) is 32.7 Å². The molecular formula is C27H28Cl2N8O5. The zero-order valence-corrected chi connectivity index (χ0v) is 24.3. The molecule has 0 radical (unpaired) electrons. The zero-order chi connectivity index (χ0) is 30.2. The number of aromatic nitrogens is 3. The number of methoxy groups -OCH3 is 1. The molecule has 0 aliphatic rings. The van der Waals surface area contributed by atoms with Crippen molar-refractivity contribution in [2.75, 3.05) is 50.2 Å². The van der Waals surface area contributed by atoms with Gasteiger partial charge in [0.1, 0.15) is 33.9 Å².